The van der Waals surface area contributed by atoms with Gasteiger partial charge in [0.25, 0.3) is 0 Å². The molecule has 1 aliphatic heterocycles. The van der Waals surface area contributed by atoms with E-state index in [-0.39, 0.29) is 18.2 Å². The topological polar surface area (TPSA) is 41.5 Å². The molecule has 2 rings (SSSR count). The van der Waals surface area contributed by atoms with Crippen LogP contribution in [0.3, 0.4) is 0 Å². The van der Waals surface area contributed by atoms with Crippen molar-refractivity contribution in [2.24, 2.45) is 5.92 Å². The predicted molar refractivity (Wildman–Crippen MR) is 72.3 cm³/mol. The van der Waals surface area contributed by atoms with E-state index in [1.54, 1.807) is 0 Å². The van der Waals surface area contributed by atoms with E-state index in [0.29, 0.717) is 5.92 Å². The molecule has 5 heteroatoms. The van der Waals surface area contributed by atoms with Crippen LogP contribution >= 0.6 is 0 Å². The van der Waals surface area contributed by atoms with Crippen LogP contribution < -0.4 is 5.32 Å². The zero-order chi connectivity index (χ0) is 14.5. The smallest absolute Gasteiger partial charge is 0.131 e. The fourth-order valence-corrected chi connectivity index (χ4v) is 2.66. The predicted octanol–water partition coefficient (Wildman–Crippen LogP) is 2.40. The Hall–Kier alpha value is -1.04. The van der Waals surface area contributed by atoms with Gasteiger partial charge in [-0.25, -0.2) is 8.78 Å². The average Bonchev–Trinajstić information content (AvgIpc) is 2.86. The first kappa shape index (κ1) is 15.4. The Balaban J connectivity index is 1.81. The highest BCUT2D eigenvalue weighted by atomic mass is 19.1. The second kappa shape index (κ2) is 7.11. The summed E-state index contributed by atoms with van der Waals surface area (Å²) >= 11 is 0. The lowest BCUT2D eigenvalue weighted by molar-refractivity contribution is 0.0857. The summed E-state index contributed by atoms with van der Waals surface area (Å²) < 4.78 is 31.9. The van der Waals surface area contributed by atoms with Gasteiger partial charge in [-0.15, -0.1) is 0 Å². The molecule has 0 aromatic heterocycles. The van der Waals surface area contributed by atoms with Gasteiger partial charge >= 0.3 is 0 Å². The van der Waals surface area contributed by atoms with Crippen LogP contribution in [0.5, 0.6) is 0 Å². The fraction of sp³-hybridized carbons (Fsp3) is 0.600. The molecule has 2 N–H and O–H groups in total. The zero-order valence-corrected chi connectivity index (χ0v) is 11.6. The van der Waals surface area contributed by atoms with E-state index in [4.69, 9.17) is 4.74 Å². The SMILES string of the molecule is CCC1OCCC1CNCC(O)c1ccc(F)cc1F. The quantitative estimate of drug-likeness (QED) is 0.843. The number of benzene rings is 1. The van der Waals surface area contributed by atoms with Gasteiger partial charge in [-0.05, 0) is 24.8 Å². The first-order valence-electron chi connectivity index (χ1n) is 7.07. The molecule has 1 heterocycles. The van der Waals surface area contributed by atoms with Crippen molar-refractivity contribution in [3.63, 3.8) is 0 Å². The van der Waals surface area contributed by atoms with Gasteiger partial charge in [0.15, 0.2) is 0 Å². The summed E-state index contributed by atoms with van der Waals surface area (Å²) in [6, 6.07) is 3.22. The molecule has 1 fully saturated rings. The van der Waals surface area contributed by atoms with E-state index in [2.05, 4.69) is 12.2 Å². The van der Waals surface area contributed by atoms with Gasteiger partial charge in [-0.3, -0.25) is 0 Å². The van der Waals surface area contributed by atoms with Gasteiger partial charge < -0.3 is 15.2 Å². The van der Waals surface area contributed by atoms with Gasteiger partial charge in [0.05, 0.1) is 12.2 Å². The van der Waals surface area contributed by atoms with Crippen LogP contribution in [-0.2, 0) is 4.74 Å². The normalized spacial score (nSPS) is 24.0. The molecule has 1 aliphatic rings. The van der Waals surface area contributed by atoms with E-state index in [9.17, 15) is 13.9 Å². The van der Waals surface area contributed by atoms with Crippen LogP contribution in [-0.4, -0.2) is 30.9 Å². The number of hydrogen-bond donors (Lipinski definition) is 2. The third-order valence-electron chi connectivity index (χ3n) is 3.81. The Kier molecular flexibility index (Phi) is 5.46. The molecule has 0 amide bonds. The van der Waals surface area contributed by atoms with Crippen molar-refractivity contribution in [2.75, 3.05) is 19.7 Å². The molecule has 1 saturated heterocycles. The molecule has 0 spiro atoms. The Morgan fingerprint density at radius 3 is 2.95 bits per heavy atom. The van der Waals surface area contributed by atoms with Gasteiger partial charge in [-0.1, -0.05) is 13.0 Å². The monoisotopic (exact) mass is 285 g/mol. The first-order chi connectivity index (χ1) is 9.61. The fourth-order valence-electron chi connectivity index (χ4n) is 2.66. The third kappa shape index (κ3) is 3.75. The molecule has 112 valence electrons. The number of aliphatic hydroxyl groups is 1. The van der Waals surface area contributed by atoms with Crippen molar-refractivity contribution in [2.45, 2.75) is 32.0 Å². The van der Waals surface area contributed by atoms with Gasteiger partial charge in [-0.2, -0.15) is 0 Å². The maximum Gasteiger partial charge on any atom is 0.131 e. The maximum atomic E-state index is 13.5. The number of halogens is 2. The third-order valence-corrected chi connectivity index (χ3v) is 3.81. The molecule has 3 atom stereocenters. The van der Waals surface area contributed by atoms with E-state index in [0.717, 1.165) is 38.1 Å². The van der Waals surface area contributed by atoms with Crippen molar-refractivity contribution in [1.82, 2.24) is 5.32 Å². The van der Waals surface area contributed by atoms with Crippen molar-refractivity contribution < 1.29 is 18.6 Å². The van der Waals surface area contributed by atoms with E-state index in [1.165, 1.54) is 6.07 Å². The summed E-state index contributed by atoms with van der Waals surface area (Å²) in [7, 11) is 0. The lowest BCUT2D eigenvalue weighted by Gasteiger charge is -2.19. The number of hydrogen-bond acceptors (Lipinski definition) is 3. The van der Waals surface area contributed by atoms with Crippen molar-refractivity contribution >= 4 is 0 Å². The summed E-state index contributed by atoms with van der Waals surface area (Å²) in [5.41, 5.74) is 0.119. The molecule has 1 aromatic rings. The molecule has 3 nitrogen and oxygen atoms in total. The standard InChI is InChI=1S/C15H21F2NO2/c1-2-15-10(5-6-20-15)8-18-9-14(19)12-4-3-11(16)7-13(12)17/h3-4,7,10,14-15,18-19H,2,5-6,8-9H2,1H3. The lowest BCUT2D eigenvalue weighted by Crippen LogP contribution is -2.31. The largest absolute Gasteiger partial charge is 0.387 e. The minimum atomic E-state index is -0.974. The Morgan fingerprint density at radius 1 is 1.45 bits per heavy atom. The van der Waals surface area contributed by atoms with Crippen LogP contribution in [0, 0.1) is 17.6 Å². The second-order valence-corrected chi connectivity index (χ2v) is 5.21. The number of ether oxygens (including phenoxy) is 1. The summed E-state index contributed by atoms with van der Waals surface area (Å²) in [6.45, 7) is 3.85. The van der Waals surface area contributed by atoms with Crippen molar-refractivity contribution in [3.05, 3.63) is 35.4 Å². The van der Waals surface area contributed by atoms with E-state index < -0.39 is 17.7 Å². The van der Waals surface area contributed by atoms with Crippen LogP contribution in [0.2, 0.25) is 0 Å². The highest BCUT2D eigenvalue weighted by Crippen LogP contribution is 2.23. The zero-order valence-electron chi connectivity index (χ0n) is 11.6. The molecule has 0 saturated carbocycles. The van der Waals surface area contributed by atoms with Crippen molar-refractivity contribution in [3.8, 4) is 0 Å². The van der Waals surface area contributed by atoms with E-state index >= 15 is 0 Å². The molecule has 3 unspecified atom stereocenters. The van der Waals surface area contributed by atoms with Crippen LogP contribution in [0.15, 0.2) is 18.2 Å². The van der Waals surface area contributed by atoms with Gasteiger partial charge in [0.1, 0.15) is 11.6 Å². The summed E-state index contributed by atoms with van der Waals surface area (Å²) in [6.07, 6.45) is 1.27. The van der Waals surface area contributed by atoms with Gasteiger partial charge in [0.2, 0.25) is 0 Å². The molecule has 0 radical (unpaired) electrons. The molecular weight excluding hydrogens is 264 g/mol. The molecule has 20 heavy (non-hydrogen) atoms. The average molecular weight is 285 g/mol. The van der Waals surface area contributed by atoms with Gasteiger partial charge in [0, 0.05) is 31.3 Å². The Morgan fingerprint density at radius 2 is 2.25 bits per heavy atom. The summed E-state index contributed by atoms with van der Waals surface area (Å²) in [5, 5.41) is 13.1. The first-order valence-corrected chi connectivity index (χ1v) is 7.07. The minimum Gasteiger partial charge on any atom is -0.387 e. The van der Waals surface area contributed by atoms with Crippen molar-refractivity contribution in [1.29, 1.82) is 0 Å². The lowest BCUT2D eigenvalue weighted by atomic mass is 9.99. The van der Waals surface area contributed by atoms with Crippen LogP contribution in [0.1, 0.15) is 31.4 Å². The highest BCUT2D eigenvalue weighted by molar-refractivity contribution is 5.21. The highest BCUT2D eigenvalue weighted by Gasteiger charge is 2.26. The molecular formula is C15H21F2NO2. The van der Waals surface area contributed by atoms with Crippen LogP contribution in [0.4, 0.5) is 8.78 Å². The number of nitrogens with one attached hydrogen (secondary N) is 1. The van der Waals surface area contributed by atoms with Crippen LogP contribution in [0.25, 0.3) is 0 Å². The Bertz CT molecular complexity index is 442. The minimum absolute atomic E-state index is 0.119. The Labute approximate surface area is 117 Å². The summed E-state index contributed by atoms with van der Waals surface area (Å²) in [4.78, 5) is 0. The molecule has 0 bridgehead atoms. The van der Waals surface area contributed by atoms with E-state index in [1.807, 2.05) is 0 Å². The maximum absolute atomic E-state index is 13.5. The number of aliphatic hydroxyl groups excluding tert-OH is 1. The number of rotatable bonds is 6. The molecule has 1 aromatic carbocycles. The summed E-state index contributed by atoms with van der Waals surface area (Å²) in [5.74, 6) is -0.916. The molecule has 0 aliphatic carbocycles. The second-order valence-electron chi connectivity index (χ2n) is 5.21.